The molecule has 0 fully saturated rings. The van der Waals surface area contributed by atoms with Crippen LogP contribution in [0, 0.1) is 58.8 Å². The predicted molar refractivity (Wildman–Crippen MR) is 496 cm³/mol. The van der Waals surface area contributed by atoms with E-state index in [0.29, 0.717) is 84.1 Å². The summed E-state index contributed by atoms with van der Waals surface area (Å²) in [7, 11) is 0. The van der Waals surface area contributed by atoms with Crippen LogP contribution in [0.5, 0.6) is 0 Å². The van der Waals surface area contributed by atoms with Gasteiger partial charge in [0.25, 0.3) is 29.3 Å². The van der Waals surface area contributed by atoms with Gasteiger partial charge in [-0.2, -0.15) is 15.8 Å². The summed E-state index contributed by atoms with van der Waals surface area (Å²) in [4.78, 5) is 113. The molecule has 0 unspecified atom stereocenters. The molecule has 0 bridgehead atoms. The summed E-state index contributed by atoms with van der Waals surface area (Å²) in [6.45, 7) is 10.1. The Labute approximate surface area is 734 Å². The molecule has 21 rings (SSSR count). The maximum atomic E-state index is 13.5. The molecule has 618 valence electrons. The number of aliphatic hydroxyl groups excluding tert-OH is 1. The first-order valence-corrected chi connectivity index (χ1v) is 42.0. The van der Waals surface area contributed by atoms with Gasteiger partial charge >= 0.3 is 0 Å². The second kappa shape index (κ2) is 36.0. The van der Waals surface area contributed by atoms with Crippen LogP contribution in [-0.2, 0) is 45.0 Å². The standard InChI is InChI=1S/C41H35ClN4O4.C22H21N3O.2C15H6N2O.C12H6O2.CH4/c1-24-32(33-20-25(23-47)11-18-35(33)46(24)41(50)27-12-15-28(42)16-13-27)21-36(48)44-19-6-4-2-3-5-8-26-14-17-31-37-29(26)9-7-10-30(37)38-34(22-43)40(49)45-39(31)38;23-12-5-3-1-2-4-7-14-10-11-17-19-15(14)8-6-9-16(19)20-18(13-24)22(26)25-21(17)20;16-7-11-13-9-5-1-3-8-4-2-6-10(12(8)9)14(13)17-15(11)18;1-17-12(8-16)14-10-6-2-4-9-5-3-7-11(13(9)10)15(14)18;13-11-8-5-1-3-7-4-2-6-9(10(7)8)12(11)14;/h7,9-18,20,47H,2-6,8,19,21,23H2,1H3,(H,44,48);6,8-11H,1-5,7,12,23H2;1-6H;2-7H;1-6H;1H4/b;;;14-12-;;. The van der Waals surface area contributed by atoms with Gasteiger partial charge in [0.05, 0.1) is 48.3 Å². The number of nitrogens with one attached hydrogen (secondary N) is 1. The lowest BCUT2D eigenvalue weighted by Gasteiger charge is -2.09. The molecule has 14 aromatic rings. The first-order valence-electron chi connectivity index (χ1n) is 41.6. The molecule has 4 aliphatic carbocycles. The summed E-state index contributed by atoms with van der Waals surface area (Å²) >= 11 is 6.04. The van der Waals surface area contributed by atoms with E-state index >= 15 is 0 Å². The molecule has 7 aliphatic rings. The Balaban J connectivity index is 0.000000128. The molecule has 21 heteroatoms. The van der Waals surface area contributed by atoms with Crippen molar-refractivity contribution in [1.29, 1.82) is 21.0 Å². The highest BCUT2D eigenvalue weighted by atomic mass is 35.5. The fraction of sp³-hybridized carbons (Fsp3) is 0.170. The Morgan fingerprint density at radius 3 is 1.39 bits per heavy atom. The van der Waals surface area contributed by atoms with Crippen LogP contribution >= 0.6 is 11.6 Å². The largest absolute Gasteiger partial charge is 0.392 e. The number of fused-ring (bicyclic) bond motifs is 10. The fourth-order valence-electron chi connectivity index (χ4n) is 18.5. The van der Waals surface area contributed by atoms with E-state index in [9.17, 15) is 54.0 Å². The highest BCUT2D eigenvalue weighted by molar-refractivity contribution is 6.57. The van der Waals surface area contributed by atoms with Crippen LogP contribution < -0.4 is 21.7 Å². The zero-order valence-corrected chi connectivity index (χ0v) is 69.0. The van der Waals surface area contributed by atoms with Gasteiger partial charge < -0.3 is 16.2 Å². The maximum absolute atomic E-state index is 13.5. The maximum Gasteiger partial charge on any atom is 0.288 e. The molecule has 0 atom stereocenters. The summed E-state index contributed by atoms with van der Waals surface area (Å²) in [6.07, 6.45) is 13.0. The molecular formula is C106H78ClN11O9. The number of aliphatic imine (C=N–C) groups is 3. The normalized spacial score (nSPS) is 13.8. The number of halogens is 1. The molecule has 4 amide bonds. The van der Waals surface area contributed by atoms with Crippen LogP contribution in [-0.4, -0.2) is 81.0 Å². The van der Waals surface area contributed by atoms with E-state index in [1.165, 1.54) is 35.8 Å². The first kappa shape index (κ1) is 84.9. The number of allylic oxidation sites excluding steroid dienone is 3. The number of nitriles is 4. The molecule has 1 aromatic heterocycles. The van der Waals surface area contributed by atoms with Gasteiger partial charge in [-0.25, -0.2) is 25.1 Å². The van der Waals surface area contributed by atoms with Crippen LogP contribution in [0.15, 0.2) is 249 Å². The quantitative estimate of drug-likeness (QED) is 0.0385. The number of nitrogens with two attached hydrogens (primary N) is 1. The second-order valence-corrected chi connectivity index (χ2v) is 32.0. The first-order chi connectivity index (χ1) is 61.4. The molecule has 0 radical (unpaired) electrons. The number of hydrogen-bond acceptors (Lipinski definition) is 14. The molecule has 4 heterocycles. The number of nitrogens with zero attached hydrogens (tertiary/aromatic N) is 9. The van der Waals surface area contributed by atoms with Gasteiger partial charge in [-0.05, 0) is 181 Å². The third kappa shape index (κ3) is 15.1. The van der Waals surface area contributed by atoms with Crippen LogP contribution in [0.1, 0.15) is 164 Å². The van der Waals surface area contributed by atoms with Crippen molar-refractivity contribution in [2.24, 2.45) is 20.7 Å². The zero-order chi connectivity index (χ0) is 87.7. The van der Waals surface area contributed by atoms with Crippen molar-refractivity contribution in [2.75, 3.05) is 13.1 Å². The molecular weight excluding hydrogens is 1610 g/mol. The third-order valence-electron chi connectivity index (χ3n) is 24.3. The van der Waals surface area contributed by atoms with Gasteiger partial charge in [-0.1, -0.05) is 233 Å². The van der Waals surface area contributed by atoms with Crippen molar-refractivity contribution in [2.45, 2.75) is 104 Å². The Hall–Kier alpha value is -15.7. The van der Waals surface area contributed by atoms with Crippen molar-refractivity contribution in [3.8, 4) is 24.3 Å². The monoisotopic (exact) mass is 1680 g/mol. The van der Waals surface area contributed by atoms with Gasteiger partial charge in [0.1, 0.15) is 34.9 Å². The van der Waals surface area contributed by atoms with E-state index in [0.717, 1.165) is 163 Å². The van der Waals surface area contributed by atoms with Gasteiger partial charge in [-0.15, -0.1) is 0 Å². The number of amides is 4. The smallest absolute Gasteiger partial charge is 0.288 e. The lowest BCUT2D eigenvalue weighted by atomic mass is 9.95. The second-order valence-electron chi connectivity index (χ2n) is 31.5. The number of Topliss-reactive ketones (excluding diaryl/α,β-unsaturated/α-hetero) is 2. The van der Waals surface area contributed by atoms with Crippen molar-refractivity contribution < 1.29 is 38.7 Å². The molecule has 13 aromatic carbocycles. The molecule has 0 saturated carbocycles. The minimum atomic E-state index is -0.455. The average molecular weight is 1690 g/mol. The highest BCUT2D eigenvalue weighted by Gasteiger charge is 2.40. The van der Waals surface area contributed by atoms with Gasteiger partial charge in [-0.3, -0.25) is 42.9 Å². The van der Waals surface area contributed by atoms with Gasteiger partial charge in [0, 0.05) is 88.7 Å². The number of carbonyl (C=O) groups is 7. The minimum Gasteiger partial charge on any atom is -0.392 e. The van der Waals surface area contributed by atoms with E-state index in [-0.39, 0.29) is 76.9 Å². The van der Waals surface area contributed by atoms with Crippen molar-refractivity contribution in [3.63, 3.8) is 0 Å². The number of aromatic nitrogens is 1. The minimum absolute atomic E-state index is 0. The van der Waals surface area contributed by atoms with E-state index < -0.39 is 17.7 Å². The number of benzene rings is 12. The van der Waals surface area contributed by atoms with E-state index in [4.69, 9.17) is 34.4 Å². The summed E-state index contributed by atoms with van der Waals surface area (Å²) in [5.74, 6) is -2.36. The van der Waals surface area contributed by atoms with Crippen molar-refractivity contribution >= 4 is 168 Å². The Kier molecular flexibility index (Phi) is 24.0. The fourth-order valence-corrected chi connectivity index (χ4v) is 18.6. The van der Waals surface area contributed by atoms with Crippen LogP contribution in [0.2, 0.25) is 5.02 Å². The number of aliphatic hydroxyl groups is 1. The number of aryl methyl sites for hydroxylation is 2. The third-order valence-corrected chi connectivity index (χ3v) is 24.6. The number of unbranched alkanes of at least 4 members (excludes halogenated alkanes) is 8. The summed E-state index contributed by atoms with van der Waals surface area (Å²) < 4.78 is 1.64. The average Bonchev–Trinajstić information content (AvgIpc) is 1.56. The Morgan fingerprint density at radius 2 is 0.906 bits per heavy atom. The summed E-state index contributed by atoms with van der Waals surface area (Å²) in [5.41, 5.74) is 22.4. The summed E-state index contributed by atoms with van der Waals surface area (Å²) in [5, 5.41) is 63.0. The Morgan fingerprint density at radius 1 is 0.480 bits per heavy atom. The van der Waals surface area contributed by atoms with E-state index in [1.54, 1.807) is 77.4 Å². The number of carbonyl (C=O) groups excluding carboxylic acids is 7. The molecule has 20 nitrogen and oxygen atoms in total. The predicted octanol–water partition coefficient (Wildman–Crippen LogP) is 18.7. The topological polar surface area (TPSA) is 336 Å². The SMILES string of the molecule is C.Cc1c(CC(=O)NCCCCCCCc2ccc3c4c(cccc24)C2=C(C#N)C(=O)N=C23)c2cc(CO)ccc2n1C(=O)c1ccc(Cl)cc1.N#CC1=C2C(=NC1=O)c1ccc(CCCCCCCN)c3cccc2c13.N#CC1=C2C(=NC1=O)c1cccc3cccc2c13.O=C1C(=O)c2cccc3cccc1c23.[C-]#[N+]/C(C#N)=c1\c(=O)c2cccc3cccc1c32. The van der Waals surface area contributed by atoms with Crippen LogP contribution in [0.4, 0.5) is 0 Å². The lowest BCUT2D eigenvalue weighted by Crippen LogP contribution is -2.26. The zero-order valence-electron chi connectivity index (χ0n) is 68.2. The van der Waals surface area contributed by atoms with Gasteiger partial charge in [0.15, 0.2) is 5.43 Å². The molecule has 0 saturated heterocycles. The van der Waals surface area contributed by atoms with Crippen LogP contribution in [0.3, 0.4) is 0 Å². The van der Waals surface area contributed by atoms with Crippen molar-refractivity contribution in [1.82, 2.24) is 9.88 Å². The highest BCUT2D eigenvalue weighted by Crippen LogP contribution is 2.47. The summed E-state index contributed by atoms with van der Waals surface area (Å²) in [6, 6.07) is 74.3. The molecule has 0 spiro atoms. The van der Waals surface area contributed by atoms with Gasteiger partial charge in [0.2, 0.25) is 17.5 Å². The molecule has 3 aliphatic heterocycles. The number of hydrogen-bond donors (Lipinski definition) is 3. The number of rotatable bonds is 19. The number of ketones is 2. The molecule has 4 N–H and O–H groups in total. The van der Waals surface area contributed by atoms with Crippen molar-refractivity contribution in [3.05, 3.63) is 339 Å². The Bertz CT molecular complexity index is 7660. The molecule has 127 heavy (non-hydrogen) atoms. The van der Waals surface area contributed by atoms with E-state index in [2.05, 4.69) is 55.5 Å². The van der Waals surface area contributed by atoms with E-state index in [1.807, 2.05) is 140 Å². The lowest BCUT2D eigenvalue weighted by molar-refractivity contribution is -0.120. The van der Waals surface area contributed by atoms with Crippen LogP contribution in [0.25, 0.3) is 103 Å².